The minimum atomic E-state index is 0.692. The Bertz CT molecular complexity index is 328. The van der Waals surface area contributed by atoms with E-state index in [1.165, 1.54) is 0 Å². The van der Waals surface area contributed by atoms with Crippen LogP contribution in [0.4, 0.5) is 11.4 Å². The van der Waals surface area contributed by atoms with E-state index in [9.17, 15) is 0 Å². The molecule has 0 aliphatic carbocycles. The second kappa shape index (κ2) is 2.97. The number of rotatable bonds is 1. The van der Waals surface area contributed by atoms with E-state index in [0.29, 0.717) is 5.84 Å². The van der Waals surface area contributed by atoms with Crippen molar-refractivity contribution >= 4 is 17.2 Å². The van der Waals surface area contributed by atoms with Crippen molar-refractivity contribution in [1.29, 1.82) is 0 Å². The highest BCUT2D eigenvalue weighted by Gasteiger charge is 2.12. The number of nitrogens with zero attached hydrogens (tertiary/aromatic N) is 2. The molecule has 0 atom stereocenters. The van der Waals surface area contributed by atoms with Crippen molar-refractivity contribution in [3.8, 4) is 0 Å². The molecule has 4 heteroatoms. The monoisotopic (exact) mass is 176 g/mol. The van der Waals surface area contributed by atoms with Crippen LogP contribution < -0.4 is 16.5 Å². The Morgan fingerprint density at radius 2 is 1.85 bits per heavy atom. The first-order valence-electron chi connectivity index (χ1n) is 4.22. The quantitative estimate of drug-likeness (QED) is 0.620. The maximum atomic E-state index is 5.58. The summed E-state index contributed by atoms with van der Waals surface area (Å²) in [6.07, 6.45) is 0.838. The largest absolute Gasteiger partial charge is 0.399 e. The van der Waals surface area contributed by atoms with E-state index in [4.69, 9.17) is 11.5 Å². The Kier molecular flexibility index (Phi) is 1.81. The number of benzene rings is 1. The Balaban J connectivity index is 2.22. The van der Waals surface area contributed by atoms with E-state index in [0.717, 1.165) is 24.3 Å². The molecule has 4 nitrogen and oxygen atoms in total. The molecule has 0 saturated heterocycles. The van der Waals surface area contributed by atoms with Gasteiger partial charge < -0.3 is 11.5 Å². The zero-order valence-corrected chi connectivity index (χ0v) is 7.27. The van der Waals surface area contributed by atoms with Crippen molar-refractivity contribution in [2.75, 3.05) is 17.3 Å². The molecule has 1 heterocycles. The van der Waals surface area contributed by atoms with Crippen molar-refractivity contribution in [3.63, 3.8) is 0 Å². The highest BCUT2D eigenvalue weighted by Crippen LogP contribution is 2.19. The Labute approximate surface area is 76.8 Å². The Morgan fingerprint density at radius 1 is 1.15 bits per heavy atom. The minimum absolute atomic E-state index is 0.692. The van der Waals surface area contributed by atoms with Gasteiger partial charge in [-0.1, -0.05) is 0 Å². The third kappa shape index (κ3) is 1.56. The fourth-order valence-corrected chi connectivity index (χ4v) is 1.31. The number of nitrogens with two attached hydrogens (primary N) is 2. The van der Waals surface area contributed by atoms with Crippen LogP contribution in [0.2, 0.25) is 0 Å². The first-order chi connectivity index (χ1) is 6.25. The molecular weight excluding hydrogens is 164 g/mol. The lowest BCUT2D eigenvalue weighted by Gasteiger charge is -2.12. The van der Waals surface area contributed by atoms with Gasteiger partial charge in [-0.15, -0.1) is 0 Å². The predicted octanol–water partition coefficient (Wildman–Crippen LogP) is 0.751. The summed E-state index contributed by atoms with van der Waals surface area (Å²) in [6, 6.07) is 7.60. The molecule has 0 aromatic heterocycles. The molecule has 4 N–H and O–H groups in total. The molecule has 0 radical (unpaired) electrons. The van der Waals surface area contributed by atoms with Gasteiger partial charge in [0, 0.05) is 18.7 Å². The standard InChI is InChI=1S/C9H12N4/c10-7-1-3-8(4-2-7)13-6-5-9(11)12-13/h1-4H,5-6,10H2,(H2,11,12). The van der Waals surface area contributed by atoms with Gasteiger partial charge in [0.1, 0.15) is 5.84 Å². The molecule has 0 bridgehead atoms. The van der Waals surface area contributed by atoms with Gasteiger partial charge in [0.2, 0.25) is 0 Å². The van der Waals surface area contributed by atoms with Gasteiger partial charge >= 0.3 is 0 Å². The van der Waals surface area contributed by atoms with E-state index in [1.54, 1.807) is 0 Å². The van der Waals surface area contributed by atoms with Gasteiger partial charge in [-0.05, 0) is 24.3 Å². The highest BCUT2D eigenvalue weighted by molar-refractivity contribution is 5.84. The molecule has 2 rings (SSSR count). The summed E-state index contributed by atoms with van der Waals surface area (Å²) in [5, 5.41) is 6.06. The van der Waals surface area contributed by atoms with Crippen LogP contribution in [0.3, 0.4) is 0 Å². The molecule has 1 aliphatic rings. The summed E-state index contributed by atoms with van der Waals surface area (Å²) in [7, 11) is 0. The summed E-state index contributed by atoms with van der Waals surface area (Å²) >= 11 is 0. The van der Waals surface area contributed by atoms with Crippen molar-refractivity contribution in [2.24, 2.45) is 10.8 Å². The van der Waals surface area contributed by atoms with Crippen molar-refractivity contribution in [3.05, 3.63) is 24.3 Å². The van der Waals surface area contributed by atoms with Gasteiger partial charge in [-0.25, -0.2) is 0 Å². The third-order valence-electron chi connectivity index (χ3n) is 2.02. The van der Waals surface area contributed by atoms with E-state index in [-0.39, 0.29) is 0 Å². The van der Waals surface area contributed by atoms with Crippen LogP contribution in [0.25, 0.3) is 0 Å². The Hall–Kier alpha value is -1.71. The first kappa shape index (κ1) is 7.91. The molecule has 0 saturated carbocycles. The summed E-state index contributed by atoms with van der Waals surface area (Å²) in [5.41, 5.74) is 13.0. The zero-order chi connectivity index (χ0) is 9.26. The molecule has 1 aromatic carbocycles. The maximum absolute atomic E-state index is 5.58. The number of hydrogen-bond acceptors (Lipinski definition) is 4. The van der Waals surface area contributed by atoms with Crippen LogP contribution in [0, 0.1) is 0 Å². The van der Waals surface area contributed by atoms with Crippen LogP contribution in [0.15, 0.2) is 29.4 Å². The minimum Gasteiger partial charge on any atom is -0.399 e. The number of hydrogen-bond donors (Lipinski definition) is 2. The van der Waals surface area contributed by atoms with Crippen molar-refractivity contribution in [1.82, 2.24) is 0 Å². The molecule has 1 aliphatic heterocycles. The summed E-state index contributed by atoms with van der Waals surface area (Å²) in [4.78, 5) is 0. The molecular formula is C9H12N4. The third-order valence-corrected chi connectivity index (χ3v) is 2.02. The number of nitrogen functional groups attached to an aromatic ring is 1. The van der Waals surface area contributed by atoms with Crippen LogP contribution >= 0.6 is 0 Å². The summed E-state index contributed by atoms with van der Waals surface area (Å²) in [5.74, 6) is 0.692. The van der Waals surface area contributed by atoms with Crippen LogP contribution in [0.5, 0.6) is 0 Å². The van der Waals surface area contributed by atoms with Gasteiger partial charge in [0.25, 0.3) is 0 Å². The number of amidine groups is 1. The lowest BCUT2D eigenvalue weighted by molar-refractivity contribution is 0.922. The summed E-state index contributed by atoms with van der Waals surface area (Å²) in [6.45, 7) is 0.857. The van der Waals surface area contributed by atoms with Gasteiger partial charge in [0.05, 0.1) is 5.69 Å². The Morgan fingerprint density at radius 3 is 2.38 bits per heavy atom. The highest BCUT2D eigenvalue weighted by atomic mass is 15.5. The van der Waals surface area contributed by atoms with Gasteiger partial charge in [-0.3, -0.25) is 5.01 Å². The van der Waals surface area contributed by atoms with Crippen LogP contribution in [-0.2, 0) is 0 Å². The molecule has 0 amide bonds. The molecule has 13 heavy (non-hydrogen) atoms. The number of hydrazone groups is 1. The lowest BCUT2D eigenvalue weighted by atomic mass is 10.3. The topological polar surface area (TPSA) is 67.6 Å². The first-order valence-corrected chi connectivity index (χ1v) is 4.22. The fraction of sp³-hybridized carbons (Fsp3) is 0.222. The molecule has 0 fully saturated rings. The van der Waals surface area contributed by atoms with Crippen LogP contribution in [0.1, 0.15) is 6.42 Å². The second-order valence-electron chi connectivity index (χ2n) is 3.06. The average Bonchev–Trinajstić information content (AvgIpc) is 2.53. The predicted molar refractivity (Wildman–Crippen MR) is 54.4 cm³/mol. The normalized spacial score (nSPS) is 16.0. The molecule has 68 valence electrons. The van der Waals surface area contributed by atoms with E-state index >= 15 is 0 Å². The average molecular weight is 176 g/mol. The van der Waals surface area contributed by atoms with E-state index in [1.807, 2.05) is 29.3 Å². The van der Waals surface area contributed by atoms with E-state index in [2.05, 4.69) is 5.10 Å². The van der Waals surface area contributed by atoms with Gasteiger partial charge in [-0.2, -0.15) is 5.10 Å². The van der Waals surface area contributed by atoms with Crippen LogP contribution in [-0.4, -0.2) is 12.4 Å². The number of anilines is 2. The van der Waals surface area contributed by atoms with Crippen molar-refractivity contribution < 1.29 is 0 Å². The smallest absolute Gasteiger partial charge is 0.122 e. The molecule has 1 aromatic rings. The van der Waals surface area contributed by atoms with Gasteiger partial charge in [0.15, 0.2) is 0 Å². The zero-order valence-electron chi connectivity index (χ0n) is 7.27. The lowest BCUT2D eigenvalue weighted by Crippen LogP contribution is -2.11. The maximum Gasteiger partial charge on any atom is 0.122 e. The second-order valence-corrected chi connectivity index (χ2v) is 3.06. The van der Waals surface area contributed by atoms with E-state index < -0.39 is 0 Å². The SMILES string of the molecule is NC1=NN(c2ccc(N)cc2)CC1. The summed E-state index contributed by atoms with van der Waals surface area (Å²) < 4.78 is 0. The molecule has 0 unspecified atom stereocenters. The van der Waals surface area contributed by atoms with Crippen molar-refractivity contribution in [2.45, 2.75) is 6.42 Å². The fourth-order valence-electron chi connectivity index (χ4n) is 1.31. The molecule has 0 spiro atoms.